The number of unbranched alkanes of at least 4 members (excludes halogenated alkanes) is 3. The summed E-state index contributed by atoms with van der Waals surface area (Å²) in [7, 11) is -4.14. The predicted octanol–water partition coefficient (Wildman–Crippen LogP) is 4.38. The van der Waals surface area contributed by atoms with Crippen molar-refractivity contribution in [2.75, 3.05) is 39.4 Å². The van der Waals surface area contributed by atoms with Gasteiger partial charge in [-0.2, -0.15) is 0 Å². The van der Waals surface area contributed by atoms with Crippen molar-refractivity contribution in [3.63, 3.8) is 0 Å². The first kappa shape index (κ1) is 32.7. The second-order valence-corrected chi connectivity index (χ2v) is 14.4. The molecule has 3 aliphatic rings. The van der Waals surface area contributed by atoms with Crippen LogP contribution in [0.2, 0.25) is 0 Å². The molecule has 3 saturated heterocycles. The van der Waals surface area contributed by atoms with Crippen LogP contribution in [0.25, 0.3) is 0 Å². The molecule has 3 fully saturated rings. The van der Waals surface area contributed by atoms with E-state index in [9.17, 15) is 18.4 Å². The van der Waals surface area contributed by atoms with E-state index in [1.807, 2.05) is 0 Å². The molecule has 12 heteroatoms. The van der Waals surface area contributed by atoms with Gasteiger partial charge in [-0.15, -0.1) is 0 Å². The van der Waals surface area contributed by atoms with E-state index in [1.54, 1.807) is 18.2 Å². The van der Waals surface area contributed by atoms with Crippen LogP contribution in [-0.4, -0.2) is 80.8 Å². The Morgan fingerprint density at radius 3 is 2.64 bits per heavy atom. The lowest BCUT2D eigenvalue weighted by molar-refractivity contribution is -0.832. The molecule has 0 amide bonds. The average molecular weight is 633 g/mol. The highest BCUT2D eigenvalue weighted by molar-refractivity contribution is 7.91. The monoisotopic (exact) mass is 632 g/mol. The minimum absolute atomic E-state index is 0.0504. The van der Waals surface area contributed by atoms with Gasteiger partial charge in [0.25, 0.3) is 9.84 Å². The first-order chi connectivity index (χ1) is 21.4. The van der Waals surface area contributed by atoms with Gasteiger partial charge < -0.3 is 14.7 Å². The van der Waals surface area contributed by atoms with Crippen LogP contribution < -0.4 is 9.64 Å². The van der Waals surface area contributed by atoms with Gasteiger partial charge in [0, 0.05) is 25.0 Å². The Morgan fingerprint density at radius 1 is 1.07 bits per heavy atom. The van der Waals surface area contributed by atoms with Gasteiger partial charge in [-0.1, -0.05) is 31.5 Å². The van der Waals surface area contributed by atoms with Gasteiger partial charge in [0.15, 0.2) is 0 Å². The minimum Gasteiger partial charge on any atom is -0.466 e. The van der Waals surface area contributed by atoms with Gasteiger partial charge in [0.05, 0.1) is 23.3 Å². The maximum Gasteiger partial charge on any atom is 0.414 e. The molecule has 1 aromatic heterocycles. The highest BCUT2D eigenvalue weighted by atomic mass is 32.2. The smallest absolute Gasteiger partial charge is 0.414 e. The molecule has 0 N–H and O–H groups in total. The summed E-state index contributed by atoms with van der Waals surface area (Å²) in [5, 5.41) is 14.8. The number of aromatic nitrogens is 2. The standard InChI is InChI=1S/C32H48N4O7S/c1-2-3-19-35-24-25-13-11-20-34-21-12-16-27(30(25)34)28(35)17-10-18-29(37)41-22-8-5-9-23-42-31-32(36(38)43-33-31)44(39,40)26-14-6-4-7-15-26/h4,6-7,14-15,25,27-28,30H,2-3,5,8-13,16-24H2,1H3. The third-order valence-corrected chi connectivity index (χ3v) is 11.3. The first-order valence-electron chi connectivity index (χ1n) is 16.6. The molecule has 0 radical (unpaired) electrons. The quantitative estimate of drug-likeness (QED) is 0.149. The SMILES string of the molecule is CCCCN1CC2CCCN3CCCC(C1CCCC(=O)OCCCCCOc1no[n+]([O-])c1S(=O)(=O)c1ccccc1)C23. The van der Waals surface area contributed by atoms with Gasteiger partial charge in [-0.05, 0) is 113 Å². The topological polar surface area (TPSA) is 129 Å². The van der Waals surface area contributed by atoms with Crippen molar-refractivity contribution in [3.05, 3.63) is 35.5 Å². The molecule has 5 rings (SSSR count). The number of nitrogens with zero attached hydrogens (tertiary/aromatic N) is 4. The summed E-state index contributed by atoms with van der Waals surface area (Å²) in [4.78, 5) is 17.9. The third-order valence-electron chi connectivity index (χ3n) is 9.60. The van der Waals surface area contributed by atoms with E-state index in [4.69, 9.17) is 9.47 Å². The predicted molar refractivity (Wildman–Crippen MR) is 163 cm³/mol. The maximum absolute atomic E-state index is 12.8. The van der Waals surface area contributed by atoms with Gasteiger partial charge in [-0.3, -0.25) is 19.2 Å². The lowest BCUT2D eigenvalue weighted by Gasteiger charge is -2.57. The average Bonchev–Trinajstić information content (AvgIpc) is 3.42. The van der Waals surface area contributed by atoms with Crippen LogP contribution in [0, 0.1) is 17.0 Å². The summed E-state index contributed by atoms with van der Waals surface area (Å²) in [6, 6.07) is 8.90. The first-order valence-corrected chi connectivity index (χ1v) is 18.0. The molecule has 1 aromatic carbocycles. The maximum atomic E-state index is 12.8. The third kappa shape index (κ3) is 7.74. The Morgan fingerprint density at radius 2 is 1.84 bits per heavy atom. The Balaban J connectivity index is 1.00. The van der Waals surface area contributed by atoms with Crippen molar-refractivity contribution in [1.29, 1.82) is 0 Å². The number of carbonyl (C=O) groups excluding carboxylic acids is 1. The summed E-state index contributed by atoms with van der Waals surface area (Å²) >= 11 is 0. The molecule has 0 aliphatic carbocycles. The molecule has 4 atom stereocenters. The lowest BCUT2D eigenvalue weighted by Crippen LogP contribution is -2.64. The van der Waals surface area contributed by atoms with E-state index < -0.39 is 14.9 Å². The molecule has 0 spiro atoms. The second-order valence-electron chi connectivity index (χ2n) is 12.5. The number of esters is 1. The van der Waals surface area contributed by atoms with E-state index >= 15 is 0 Å². The normalized spacial score (nSPS) is 24.1. The summed E-state index contributed by atoms with van der Waals surface area (Å²) < 4.78 is 41.2. The fourth-order valence-corrected chi connectivity index (χ4v) is 8.90. The molecule has 44 heavy (non-hydrogen) atoms. The van der Waals surface area contributed by atoms with Crippen LogP contribution in [0.15, 0.2) is 44.9 Å². The number of hydrogen-bond donors (Lipinski definition) is 0. The van der Waals surface area contributed by atoms with Crippen molar-refractivity contribution in [1.82, 2.24) is 15.0 Å². The van der Waals surface area contributed by atoms with E-state index in [0.717, 1.165) is 30.7 Å². The van der Waals surface area contributed by atoms with E-state index in [2.05, 4.69) is 26.5 Å². The molecule has 244 valence electrons. The van der Waals surface area contributed by atoms with Crippen LogP contribution >= 0.6 is 0 Å². The number of ether oxygens (including phenoxy) is 2. The zero-order chi connectivity index (χ0) is 30.9. The molecule has 0 saturated carbocycles. The zero-order valence-corrected chi connectivity index (χ0v) is 26.8. The molecule has 11 nitrogen and oxygen atoms in total. The van der Waals surface area contributed by atoms with E-state index in [1.165, 1.54) is 76.8 Å². The van der Waals surface area contributed by atoms with Gasteiger partial charge in [-0.25, -0.2) is 8.42 Å². The van der Waals surface area contributed by atoms with Crippen LogP contribution in [0.5, 0.6) is 5.88 Å². The fourth-order valence-electron chi connectivity index (χ4n) is 7.60. The number of hydrogen-bond acceptors (Lipinski definition) is 10. The number of benzene rings is 1. The van der Waals surface area contributed by atoms with Gasteiger partial charge in [0.2, 0.25) is 0 Å². The number of piperidine rings is 3. The molecule has 4 unspecified atom stereocenters. The van der Waals surface area contributed by atoms with Crippen molar-refractivity contribution in [3.8, 4) is 5.88 Å². The summed E-state index contributed by atoms with van der Waals surface area (Å²) in [5.41, 5.74) is 0. The van der Waals surface area contributed by atoms with Crippen molar-refractivity contribution in [2.24, 2.45) is 11.8 Å². The van der Waals surface area contributed by atoms with Crippen LogP contribution in [0.3, 0.4) is 0 Å². The van der Waals surface area contributed by atoms with Crippen molar-refractivity contribution >= 4 is 15.8 Å². The summed E-state index contributed by atoms with van der Waals surface area (Å²) in [6.45, 7) is 7.66. The number of sulfone groups is 1. The van der Waals surface area contributed by atoms with E-state index in [-0.39, 0.29) is 28.3 Å². The van der Waals surface area contributed by atoms with Crippen LogP contribution in [0.1, 0.15) is 84.0 Å². The number of carbonyl (C=O) groups is 1. The Kier molecular flexibility index (Phi) is 11.5. The summed E-state index contributed by atoms with van der Waals surface area (Å²) in [5.74, 6) is 1.03. The molecule has 4 heterocycles. The molecule has 2 aromatic rings. The van der Waals surface area contributed by atoms with Crippen LogP contribution in [-0.2, 0) is 19.4 Å². The Hall–Kier alpha value is -2.70. The summed E-state index contributed by atoms with van der Waals surface area (Å²) in [6.07, 6.45) is 12.1. The van der Waals surface area contributed by atoms with Crippen molar-refractivity contribution < 1.29 is 32.2 Å². The molecular weight excluding hydrogens is 584 g/mol. The fraction of sp³-hybridized carbons (Fsp3) is 0.719. The number of likely N-dealkylation sites (tertiary alicyclic amines) is 1. The Labute approximate surface area is 261 Å². The highest BCUT2D eigenvalue weighted by Crippen LogP contribution is 2.43. The molecule has 3 aliphatic heterocycles. The molecule has 0 bridgehead atoms. The number of rotatable bonds is 16. The van der Waals surface area contributed by atoms with Crippen LogP contribution in [0.4, 0.5) is 0 Å². The minimum atomic E-state index is -4.14. The highest BCUT2D eigenvalue weighted by Gasteiger charge is 2.48. The largest absolute Gasteiger partial charge is 0.466 e. The van der Waals surface area contributed by atoms with Crippen molar-refractivity contribution in [2.45, 2.75) is 106 Å². The zero-order valence-electron chi connectivity index (χ0n) is 26.0. The Bertz CT molecular complexity index is 1300. The van der Waals surface area contributed by atoms with Gasteiger partial charge in [0.1, 0.15) is 0 Å². The van der Waals surface area contributed by atoms with Gasteiger partial charge >= 0.3 is 16.9 Å². The lowest BCUT2D eigenvalue weighted by atomic mass is 9.69. The second kappa shape index (κ2) is 15.5. The molecular formula is C32H48N4O7S. The van der Waals surface area contributed by atoms with E-state index in [0.29, 0.717) is 38.3 Å².